The molecule has 0 atom stereocenters. The first-order chi connectivity index (χ1) is 9.88. The molecule has 0 unspecified atom stereocenters. The largest absolute Gasteiger partial charge is 0.397 e. The van der Waals surface area contributed by atoms with Gasteiger partial charge in [0.2, 0.25) is 0 Å². The Morgan fingerprint density at radius 2 is 1.90 bits per heavy atom. The molecule has 0 bridgehead atoms. The SMILES string of the molecule is Cc1ccc(Cl)cc1NC(=O)c1ccc(N(C)C)c(N)c1. The van der Waals surface area contributed by atoms with Gasteiger partial charge in [-0.1, -0.05) is 17.7 Å². The summed E-state index contributed by atoms with van der Waals surface area (Å²) in [4.78, 5) is 14.2. The Balaban J connectivity index is 2.24. The summed E-state index contributed by atoms with van der Waals surface area (Å²) < 4.78 is 0. The highest BCUT2D eigenvalue weighted by molar-refractivity contribution is 6.31. The van der Waals surface area contributed by atoms with Crippen LogP contribution in [0.5, 0.6) is 0 Å². The number of anilines is 3. The van der Waals surface area contributed by atoms with Gasteiger partial charge in [0.15, 0.2) is 0 Å². The van der Waals surface area contributed by atoms with E-state index in [1.165, 1.54) is 0 Å². The normalized spacial score (nSPS) is 10.3. The smallest absolute Gasteiger partial charge is 0.255 e. The molecule has 0 fully saturated rings. The molecule has 0 aliphatic rings. The van der Waals surface area contributed by atoms with Crippen LogP contribution in [0.25, 0.3) is 0 Å². The van der Waals surface area contributed by atoms with Crippen LogP contribution in [0.3, 0.4) is 0 Å². The fourth-order valence-corrected chi connectivity index (χ4v) is 2.20. The van der Waals surface area contributed by atoms with Crippen molar-refractivity contribution in [2.24, 2.45) is 0 Å². The van der Waals surface area contributed by atoms with Crippen molar-refractivity contribution >= 4 is 34.6 Å². The molecule has 0 spiro atoms. The second-order valence-electron chi connectivity index (χ2n) is 5.08. The maximum absolute atomic E-state index is 12.3. The Labute approximate surface area is 129 Å². The number of nitrogens with zero attached hydrogens (tertiary/aromatic N) is 1. The molecule has 5 heteroatoms. The molecule has 0 heterocycles. The van der Waals surface area contributed by atoms with Gasteiger partial charge in [-0.3, -0.25) is 4.79 Å². The average molecular weight is 304 g/mol. The molecule has 2 aromatic carbocycles. The quantitative estimate of drug-likeness (QED) is 0.853. The molecule has 0 saturated heterocycles. The minimum Gasteiger partial charge on any atom is -0.397 e. The average Bonchev–Trinajstić information content (AvgIpc) is 2.42. The van der Waals surface area contributed by atoms with Crippen molar-refractivity contribution in [3.8, 4) is 0 Å². The maximum Gasteiger partial charge on any atom is 0.255 e. The molecule has 2 rings (SSSR count). The van der Waals surface area contributed by atoms with Crippen molar-refractivity contribution < 1.29 is 4.79 Å². The highest BCUT2D eigenvalue weighted by Gasteiger charge is 2.11. The fraction of sp³-hybridized carbons (Fsp3) is 0.188. The number of nitrogens with one attached hydrogen (secondary N) is 1. The van der Waals surface area contributed by atoms with Gasteiger partial charge in [-0.15, -0.1) is 0 Å². The molecule has 1 amide bonds. The molecule has 0 aliphatic carbocycles. The van der Waals surface area contributed by atoms with Crippen molar-refractivity contribution in [2.75, 3.05) is 30.0 Å². The molecule has 0 aromatic heterocycles. The van der Waals surface area contributed by atoms with Gasteiger partial charge in [0.1, 0.15) is 0 Å². The third-order valence-corrected chi connectivity index (χ3v) is 3.45. The van der Waals surface area contributed by atoms with Crippen LogP contribution in [0.4, 0.5) is 17.1 Å². The third-order valence-electron chi connectivity index (χ3n) is 3.22. The van der Waals surface area contributed by atoms with Crippen molar-refractivity contribution in [3.63, 3.8) is 0 Å². The predicted octanol–water partition coefficient (Wildman–Crippen LogP) is 3.55. The van der Waals surface area contributed by atoms with E-state index in [-0.39, 0.29) is 5.91 Å². The number of carbonyl (C=O) groups is 1. The maximum atomic E-state index is 12.3. The zero-order chi connectivity index (χ0) is 15.6. The van der Waals surface area contributed by atoms with E-state index < -0.39 is 0 Å². The number of hydrogen-bond acceptors (Lipinski definition) is 3. The molecule has 2 aromatic rings. The number of halogens is 1. The van der Waals surface area contributed by atoms with Gasteiger partial charge in [-0.05, 0) is 42.8 Å². The predicted molar refractivity (Wildman–Crippen MR) is 89.3 cm³/mol. The minimum absolute atomic E-state index is 0.211. The number of nitrogens with two attached hydrogens (primary N) is 1. The van der Waals surface area contributed by atoms with E-state index in [1.54, 1.807) is 24.3 Å². The summed E-state index contributed by atoms with van der Waals surface area (Å²) in [5.41, 5.74) is 9.57. The molecule has 3 N–H and O–H groups in total. The van der Waals surface area contributed by atoms with Crippen LogP contribution in [0.15, 0.2) is 36.4 Å². The zero-order valence-electron chi connectivity index (χ0n) is 12.3. The number of carbonyl (C=O) groups excluding carboxylic acids is 1. The van der Waals surface area contributed by atoms with Crippen molar-refractivity contribution in [1.82, 2.24) is 0 Å². The first kappa shape index (κ1) is 15.2. The lowest BCUT2D eigenvalue weighted by atomic mass is 10.1. The molecular weight excluding hydrogens is 286 g/mol. The van der Waals surface area contributed by atoms with Gasteiger partial charge in [-0.2, -0.15) is 0 Å². The molecule has 4 nitrogen and oxygen atoms in total. The second-order valence-corrected chi connectivity index (χ2v) is 5.52. The first-order valence-corrected chi connectivity index (χ1v) is 6.90. The Hall–Kier alpha value is -2.20. The standard InChI is InChI=1S/C16H18ClN3O/c1-10-4-6-12(17)9-14(10)19-16(21)11-5-7-15(20(2)3)13(18)8-11/h4-9H,18H2,1-3H3,(H,19,21). The van der Waals surface area contributed by atoms with Gasteiger partial charge in [0.05, 0.1) is 11.4 Å². The third kappa shape index (κ3) is 3.47. The monoisotopic (exact) mass is 303 g/mol. The summed E-state index contributed by atoms with van der Waals surface area (Å²) in [5.74, 6) is -0.211. The van der Waals surface area contributed by atoms with Crippen LogP contribution in [0.1, 0.15) is 15.9 Å². The number of aryl methyl sites for hydroxylation is 1. The number of rotatable bonds is 3. The summed E-state index contributed by atoms with van der Waals surface area (Å²) in [6.07, 6.45) is 0. The van der Waals surface area contributed by atoms with Crippen LogP contribution in [-0.4, -0.2) is 20.0 Å². The second kappa shape index (κ2) is 6.06. The van der Waals surface area contributed by atoms with Crippen LogP contribution in [-0.2, 0) is 0 Å². The lowest BCUT2D eigenvalue weighted by Crippen LogP contribution is -2.15. The lowest BCUT2D eigenvalue weighted by Gasteiger charge is -2.16. The van der Waals surface area contributed by atoms with Gasteiger partial charge < -0.3 is 16.0 Å². The summed E-state index contributed by atoms with van der Waals surface area (Å²) in [5, 5.41) is 3.43. The first-order valence-electron chi connectivity index (χ1n) is 6.53. The number of hydrogen-bond donors (Lipinski definition) is 2. The van der Waals surface area contributed by atoms with Gasteiger partial charge in [0.25, 0.3) is 5.91 Å². The number of amides is 1. The Morgan fingerprint density at radius 3 is 2.52 bits per heavy atom. The van der Waals surface area contributed by atoms with Gasteiger partial charge in [-0.25, -0.2) is 0 Å². The van der Waals surface area contributed by atoms with Crippen LogP contribution < -0.4 is 16.0 Å². The van der Waals surface area contributed by atoms with E-state index in [0.29, 0.717) is 22.0 Å². The minimum atomic E-state index is -0.211. The van der Waals surface area contributed by atoms with Gasteiger partial charge in [0, 0.05) is 30.4 Å². The van der Waals surface area contributed by atoms with Crippen LogP contribution in [0, 0.1) is 6.92 Å². The highest BCUT2D eigenvalue weighted by Crippen LogP contribution is 2.24. The molecule has 0 radical (unpaired) electrons. The van der Waals surface area contributed by atoms with E-state index in [9.17, 15) is 4.79 Å². The Bertz CT molecular complexity index is 683. The molecule has 0 saturated carbocycles. The zero-order valence-corrected chi connectivity index (χ0v) is 13.0. The van der Waals surface area contributed by atoms with Gasteiger partial charge >= 0.3 is 0 Å². The van der Waals surface area contributed by atoms with E-state index in [1.807, 2.05) is 38.1 Å². The van der Waals surface area contributed by atoms with Crippen molar-refractivity contribution in [1.29, 1.82) is 0 Å². The van der Waals surface area contributed by atoms with E-state index in [4.69, 9.17) is 17.3 Å². The fourth-order valence-electron chi connectivity index (χ4n) is 2.03. The topological polar surface area (TPSA) is 58.4 Å². The van der Waals surface area contributed by atoms with Crippen molar-refractivity contribution in [3.05, 3.63) is 52.5 Å². The molecule has 21 heavy (non-hydrogen) atoms. The van der Waals surface area contributed by atoms with E-state index in [2.05, 4.69) is 5.32 Å². The highest BCUT2D eigenvalue weighted by atomic mass is 35.5. The van der Waals surface area contributed by atoms with E-state index >= 15 is 0 Å². The Kier molecular flexibility index (Phi) is 4.38. The molecular formula is C16H18ClN3O. The van der Waals surface area contributed by atoms with Crippen molar-refractivity contribution in [2.45, 2.75) is 6.92 Å². The summed E-state index contributed by atoms with van der Waals surface area (Å²) in [6, 6.07) is 10.6. The Morgan fingerprint density at radius 1 is 1.19 bits per heavy atom. The lowest BCUT2D eigenvalue weighted by molar-refractivity contribution is 0.102. The summed E-state index contributed by atoms with van der Waals surface area (Å²) in [6.45, 7) is 1.91. The van der Waals surface area contributed by atoms with E-state index in [0.717, 1.165) is 11.3 Å². The number of benzene rings is 2. The molecule has 0 aliphatic heterocycles. The summed E-state index contributed by atoms with van der Waals surface area (Å²) in [7, 11) is 3.81. The summed E-state index contributed by atoms with van der Waals surface area (Å²) >= 11 is 5.95. The number of nitrogen functional groups attached to an aromatic ring is 1. The van der Waals surface area contributed by atoms with Crippen LogP contribution >= 0.6 is 11.6 Å². The molecule has 110 valence electrons. The van der Waals surface area contributed by atoms with Crippen LogP contribution in [0.2, 0.25) is 5.02 Å².